The lowest BCUT2D eigenvalue weighted by Gasteiger charge is -2.22. The molecule has 0 saturated heterocycles. The minimum atomic E-state index is 0.740. The Morgan fingerprint density at radius 1 is 0.889 bits per heavy atom. The SMILES string of the molecule is CCCCCCCOc1ccc(-c2ccc(C3CC[CH]CC3)cc2)cc1Br. The zero-order valence-corrected chi connectivity index (χ0v) is 18.1. The first-order valence-corrected chi connectivity index (χ1v) is 11.4. The van der Waals surface area contributed by atoms with Gasteiger partial charge in [-0.05, 0) is 89.2 Å². The van der Waals surface area contributed by atoms with Crippen LogP contribution in [-0.2, 0) is 0 Å². The number of hydrogen-bond donors (Lipinski definition) is 0. The summed E-state index contributed by atoms with van der Waals surface area (Å²) in [6.45, 7) is 3.05. The minimum absolute atomic E-state index is 0.740. The molecule has 0 amide bonds. The first kappa shape index (κ1) is 20.5. The first-order valence-electron chi connectivity index (χ1n) is 10.6. The highest BCUT2D eigenvalue weighted by molar-refractivity contribution is 9.10. The van der Waals surface area contributed by atoms with Gasteiger partial charge in [0.2, 0.25) is 0 Å². The quantitative estimate of drug-likeness (QED) is 0.365. The van der Waals surface area contributed by atoms with Crippen LogP contribution in [0.5, 0.6) is 5.75 Å². The average Bonchev–Trinajstić information content (AvgIpc) is 2.72. The number of rotatable bonds is 9. The first-order chi connectivity index (χ1) is 13.3. The molecule has 0 heterocycles. The molecule has 1 saturated carbocycles. The maximum atomic E-state index is 5.96. The third kappa shape index (κ3) is 6.10. The lowest BCUT2D eigenvalue weighted by molar-refractivity contribution is 0.303. The molecule has 3 rings (SSSR count). The van der Waals surface area contributed by atoms with Gasteiger partial charge in [0.05, 0.1) is 11.1 Å². The van der Waals surface area contributed by atoms with Crippen LogP contribution in [0, 0.1) is 6.42 Å². The molecule has 2 heteroatoms. The number of benzene rings is 2. The van der Waals surface area contributed by atoms with Gasteiger partial charge in [0, 0.05) is 0 Å². The van der Waals surface area contributed by atoms with Crippen molar-refractivity contribution in [2.75, 3.05) is 6.61 Å². The highest BCUT2D eigenvalue weighted by Crippen LogP contribution is 2.35. The van der Waals surface area contributed by atoms with Crippen LogP contribution in [-0.4, -0.2) is 6.61 Å². The van der Waals surface area contributed by atoms with Gasteiger partial charge in [0.15, 0.2) is 0 Å². The fourth-order valence-electron chi connectivity index (χ4n) is 3.89. The molecule has 0 atom stereocenters. The molecular formula is C25H32BrO. The zero-order valence-electron chi connectivity index (χ0n) is 16.6. The Balaban J connectivity index is 1.56. The monoisotopic (exact) mass is 427 g/mol. The fraction of sp³-hybridized carbons (Fsp3) is 0.480. The molecular weight excluding hydrogens is 396 g/mol. The van der Waals surface area contributed by atoms with Crippen molar-refractivity contribution in [3.63, 3.8) is 0 Å². The molecule has 2 aromatic rings. The Bertz CT molecular complexity index is 686. The third-order valence-corrected chi connectivity index (χ3v) is 6.21. The molecule has 0 unspecified atom stereocenters. The van der Waals surface area contributed by atoms with Gasteiger partial charge in [-0.15, -0.1) is 0 Å². The molecule has 0 aliphatic heterocycles. The Labute approximate surface area is 173 Å². The topological polar surface area (TPSA) is 9.23 Å². The molecule has 27 heavy (non-hydrogen) atoms. The van der Waals surface area contributed by atoms with Crippen molar-refractivity contribution in [1.29, 1.82) is 0 Å². The van der Waals surface area contributed by atoms with Crippen molar-refractivity contribution >= 4 is 15.9 Å². The van der Waals surface area contributed by atoms with Crippen molar-refractivity contribution in [2.24, 2.45) is 0 Å². The van der Waals surface area contributed by atoms with E-state index in [4.69, 9.17) is 4.74 Å². The molecule has 0 bridgehead atoms. The predicted octanol–water partition coefficient (Wildman–Crippen LogP) is 8.33. The van der Waals surface area contributed by atoms with Crippen molar-refractivity contribution in [3.8, 4) is 16.9 Å². The Hall–Kier alpha value is -1.28. The molecule has 145 valence electrons. The molecule has 1 aliphatic carbocycles. The zero-order chi connectivity index (χ0) is 18.9. The second-order valence-corrected chi connectivity index (χ2v) is 8.52. The largest absolute Gasteiger partial charge is 0.492 e. The van der Waals surface area contributed by atoms with Gasteiger partial charge in [-0.2, -0.15) is 0 Å². The summed E-state index contributed by atoms with van der Waals surface area (Å²) in [4.78, 5) is 0. The Morgan fingerprint density at radius 3 is 2.30 bits per heavy atom. The molecule has 0 spiro atoms. The summed E-state index contributed by atoms with van der Waals surface area (Å²) in [5, 5.41) is 0. The smallest absolute Gasteiger partial charge is 0.133 e. The summed E-state index contributed by atoms with van der Waals surface area (Å²) < 4.78 is 7.00. The van der Waals surface area contributed by atoms with E-state index in [0.29, 0.717) is 0 Å². The van der Waals surface area contributed by atoms with Gasteiger partial charge in [-0.3, -0.25) is 0 Å². The highest BCUT2D eigenvalue weighted by Gasteiger charge is 2.15. The highest BCUT2D eigenvalue weighted by atomic mass is 79.9. The van der Waals surface area contributed by atoms with Gasteiger partial charge in [0.25, 0.3) is 0 Å². The van der Waals surface area contributed by atoms with Crippen LogP contribution in [0.15, 0.2) is 46.9 Å². The van der Waals surface area contributed by atoms with Gasteiger partial charge in [-0.1, -0.05) is 62.9 Å². The second kappa shape index (κ2) is 10.9. The molecule has 1 aliphatic rings. The predicted molar refractivity (Wildman–Crippen MR) is 119 cm³/mol. The second-order valence-electron chi connectivity index (χ2n) is 7.67. The van der Waals surface area contributed by atoms with Crippen LogP contribution in [0.25, 0.3) is 11.1 Å². The van der Waals surface area contributed by atoms with Gasteiger partial charge in [0.1, 0.15) is 5.75 Å². The van der Waals surface area contributed by atoms with Crippen LogP contribution in [0.2, 0.25) is 0 Å². The number of ether oxygens (including phenoxy) is 1. The number of unbranched alkanes of at least 4 members (excludes halogenated alkanes) is 4. The summed E-state index contributed by atoms with van der Waals surface area (Å²) in [6.07, 6.45) is 13.9. The van der Waals surface area contributed by atoms with Gasteiger partial charge >= 0.3 is 0 Å². The van der Waals surface area contributed by atoms with E-state index in [1.54, 1.807) is 0 Å². The summed E-state index contributed by atoms with van der Waals surface area (Å²) in [7, 11) is 0. The maximum absolute atomic E-state index is 5.96. The standard InChI is InChI=1S/C25H32BrO/c1-2-3-4-5-9-18-27-25-17-16-23(19-24(25)26)22-14-12-21(13-15-22)20-10-7-6-8-11-20/h6,12-17,19-20H,2-5,7-11,18H2,1H3. The fourth-order valence-corrected chi connectivity index (χ4v) is 4.39. The van der Waals surface area contributed by atoms with Crippen molar-refractivity contribution in [3.05, 3.63) is 58.9 Å². The van der Waals surface area contributed by atoms with Crippen LogP contribution in [0.4, 0.5) is 0 Å². The van der Waals surface area contributed by atoms with Crippen LogP contribution in [0.1, 0.15) is 76.2 Å². The lowest BCUT2D eigenvalue weighted by Crippen LogP contribution is -2.04. The molecule has 1 radical (unpaired) electrons. The number of halogens is 1. The summed E-state index contributed by atoms with van der Waals surface area (Å²) in [6, 6.07) is 15.6. The van der Waals surface area contributed by atoms with E-state index >= 15 is 0 Å². The van der Waals surface area contributed by atoms with Crippen molar-refractivity contribution in [2.45, 2.75) is 70.6 Å². The molecule has 0 aromatic heterocycles. The van der Waals surface area contributed by atoms with Crippen LogP contribution >= 0.6 is 15.9 Å². The summed E-state index contributed by atoms with van der Waals surface area (Å²) in [5.74, 6) is 1.69. The maximum Gasteiger partial charge on any atom is 0.133 e. The van der Waals surface area contributed by atoms with Crippen molar-refractivity contribution < 1.29 is 4.74 Å². The minimum Gasteiger partial charge on any atom is -0.492 e. The molecule has 1 fully saturated rings. The van der Waals surface area contributed by atoms with Gasteiger partial charge < -0.3 is 4.74 Å². The normalized spacial score (nSPS) is 15.0. The van der Waals surface area contributed by atoms with E-state index in [-0.39, 0.29) is 0 Å². The Kier molecular flexibility index (Phi) is 8.26. The summed E-state index contributed by atoms with van der Waals surface area (Å²) in [5.41, 5.74) is 4.00. The van der Waals surface area contributed by atoms with E-state index < -0.39 is 0 Å². The van der Waals surface area contributed by atoms with Crippen LogP contribution in [0.3, 0.4) is 0 Å². The third-order valence-electron chi connectivity index (χ3n) is 5.59. The van der Waals surface area contributed by atoms with E-state index in [1.807, 2.05) is 0 Å². The van der Waals surface area contributed by atoms with Crippen LogP contribution < -0.4 is 4.74 Å². The van der Waals surface area contributed by atoms with Crippen molar-refractivity contribution in [1.82, 2.24) is 0 Å². The summed E-state index contributed by atoms with van der Waals surface area (Å²) >= 11 is 3.69. The lowest BCUT2D eigenvalue weighted by atomic mass is 9.84. The molecule has 1 nitrogen and oxygen atoms in total. The van der Waals surface area contributed by atoms with E-state index in [2.05, 4.69) is 71.7 Å². The molecule has 0 N–H and O–H groups in total. The number of hydrogen-bond acceptors (Lipinski definition) is 1. The molecule has 2 aromatic carbocycles. The van der Waals surface area contributed by atoms with E-state index in [1.165, 1.54) is 68.1 Å². The van der Waals surface area contributed by atoms with E-state index in [0.717, 1.165) is 29.2 Å². The Morgan fingerprint density at radius 2 is 1.59 bits per heavy atom. The van der Waals surface area contributed by atoms with E-state index in [9.17, 15) is 0 Å². The average molecular weight is 428 g/mol. The van der Waals surface area contributed by atoms with Gasteiger partial charge in [-0.25, -0.2) is 0 Å².